The maximum absolute atomic E-state index is 10.6. The summed E-state index contributed by atoms with van der Waals surface area (Å²) < 4.78 is 101. The van der Waals surface area contributed by atoms with Crippen LogP contribution in [0.2, 0.25) is 0 Å². The van der Waals surface area contributed by atoms with Crippen molar-refractivity contribution in [3.8, 4) is 0 Å². The third-order valence-electron chi connectivity index (χ3n) is 6.56. The minimum absolute atomic E-state index is 0.325. The molecule has 1 spiro atoms. The summed E-state index contributed by atoms with van der Waals surface area (Å²) in [7, 11) is 2.28. The van der Waals surface area contributed by atoms with E-state index >= 15 is 0 Å². The van der Waals surface area contributed by atoms with Crippen molar-refractivity contribution in [3.63, 3.8) is 0 Å². The number of carbonyl (C=O) groups is 3. The van der Waals surface area contributed by atoms with Crippen LogP contribution in [0.4, 0.5) is 39.5 Å². The number of halogens is 9. The molecule has 2 aliphatic rings. The van der Waals surface area contributed by atoms with Crippen LogP contribution in [0, 0.1) is 5.92 Å². The van der Waals surface area contributed by atoms with Gasteiger partial charge in [0.15, 0.2) is 0 Å². The first kappa shape index (κ1) is 41.0. The molecule has 0 amide bonds. The average Bonchev–Trinajstić information content (AvgIpc) is 2.94. The maximum atomic E-state index is 10.6. The van der Waals surface area contributed by atoms with Crippen molar-refractivity contribution >= 4 is 17.9 Å². The molecule has 0 aromatic carbocycles. The van der Waals surface area contributed by atoms with Gasteiger partial charge in [0.1, 0.15) is 0 Å². The maximum Gasteiger partial charge on any atom is 0.490 e. The van der Waals surface area contributed by atoms with Crippen LogP contribution in [0.15, 0.2) is 48.8 Å². The lowest BCUT2D eigenvalue weighted by Crippen LogP contribution is -2.71. The average molecular weight is 695 g/mol. The standard InChI is InChI=1S/C21H28N4O.3C2HF3O2/c1-24-11-8-18(14-26-15-20-7-3-5-10-23-20)12-21(24)16-25(17-21)13-19-6-2-4-9-22-19;3*3-2(4,5)1(6)7/h2-7,9-10,18H,8,11-17H2,1H3;3*(H,6,7). The first-order chi connectivity index (χ1) is 21.6. The predicted molar refractivity (Wildman–Crippen MR) is 143 cm³/mol. The third-order valence-corrected chi connectivity index (χ3v) is 6.56. The van der Waals surface area contributed by atoms with Gasteiger partial charge in [-0.05, 0) is 56.6 Å². The van der Waals surface area contributed by atoms with E-state index in [1.165, 1.54) is 12.8 Å². The molecule has 2 aromatic rings. The van der Waals surface area contributed by atoms with Gasteiger partial charge in [-0.3, -0.25) is 19.8 Å². The Morgan fingerprint density at radius 3 is 1.62 bits per heavy atom. The highest BCUT2D eigenvalue weighted by Gasteiger charge is 2.49. The van der Waals surface area contributed by atoms with Crippen molar-refractivity contribution in [2.75, 3.05) is 33.3 Å². The van der Waals surface area contributed by atoms with Crippen LogP contribution in [-0.4, -0.2) is 110 Å². The molecule has 2 saturated heterocycles. The van der Waals surface area contributed by atoms with E-state index in [9.17, 15) is 39.5 Å². The lowest BCUT2D eigenvalue weighted by Gasteiger charge is -2.58. The number of aliphatic carboxylic acids is 3. The molecular weight excluding hydrogens is 663 g/mol. The second-order valence-electron chi connectivity index (χ2n) is 10.2. The molecule has 4 rings (SSSR count). The van der Waals surface area contributed by atoms with Crippen LogP contribution in [-0.2, 0) is 32.3 Å². The molecule has 3 N–H and O–H groups in total. The quantitative estimate of drug-likeness (QED) is 0.367. The molecule has 1 unspecified atom stereocenters. The number of hydrogen-bond acceptors (Lipinski definition) is 8. The van der Waals surface area contributed by atoms with Crippen LogP contribution >= 0.6 is 0 Å². The van der Waals surface area contributed by atoms with Gasteiger partial charge in [-0.1, -0.05) is 12.1 Å². The van der Waals surface area contributed by atoms with Crippen molar-refractivity contribution in [1.29, 1.82) is 0 Å². The number of carboxylic acid groups (broad SMARTS) is 3. The lowest BCUT2D eigenvalue weighted by molar-refractivity contribution is -0.193. The van der Waals surface area contributed by atoms with E-state index in [0.29, 0.717) is 18.1 Å². The highest BCUT2D eigenvalue weighted by molar-refractivity contribution is 5.73. The fraction of sp³-hybridized carbons (Fsp3) is 0.519. The molecule has 0 radical (unpaired) electrons. The van der Waals surface area contributed by atoms with Gasteiger partial charge in [0.2, 0.25) is 0 Å². The minimum atomic E-state index is -5.08. The molecule has 47 heavy (non-hydrogen) atoms. The largest absolute Gasteiger partial charge is 0.490 e. The monoisotopic (exact) mass is 694 g/mol. The summed E-state index contributed by atoms with van der Waals surface area (Å²) in [5, 5.41) is 21.4. The Morgan fingerprint density at radius 2 is 1.23 bits per heavy atom. The number of aromatic nitrogens is 2. The summed E-state index contributed by atoms with van der Waals surface area (Å²) in [5.74, 6) is -7.63. The molecule has 0 bridgehead atoms. The second-order valence-corrected chi connectivity index (χ2v) is 10.2. The number of hydrogen-bond donors (Lipinski definition) is 3. The number of likely N-dealkylation sites (tertiary alicyclic amines) is 2. The Balaban J connectivity index is 0.000000430. The van der Waals surface area contributed by atoms with Gasteiger partial charge in [0, 0.05) is 37.6 Å². The number of piperidine rings is 1. The Morgan fingerprint density at radius 1 is 0.809 bits per heavy atom. The molecule has 0 saturated carbocycles. The van der Waals surface area contributed by atoms with E-state index in [2.05, 4.69) is 38.9 Å². The van der Waals surface area contributed by atoms with E-state index < -0.39 is 36.4 Å². The van der Waals surface area contributed by atoms with Crippen LogP contribution in [0.5, 0.6) is 0 Å². The van der Waals surface area contributed by atoms with Crippen molar-refractivity contribution in [2.45, 2.75) is 50.1 Å². The van der Waals surface area contributed by atoms with Crippen molar-refractivity contribution in [2.24, 2.45) is 5.92 Å². The highest BCUT2D eigenvalue weighted by Crippen LogP contribution is 2.38. The van der Waals surface area contributed by atoms with Gasteiger partial charge >= 0.3 is 36.4 Å². The number of carboxylic acids is 3. The number of likely N-dealkylation sites (N-methyl/N-ethyl adjacent to an activating group) is 1. The summed E-state index contributed by atoms with van der Waals surface area (Å²) in [6, 6.07) is 12.1. The van der Waals surface area contributed by atoms with Crippen LogP contribution < -0.4 is 0 Å². The molecule has 20 heteroatoms. The number of alkyl halides is 9. The zero-order chi connectivity index (χ0) is 36.1. The van der Waals surface area contributed by atoms with E-state index in [4.69, 9.17) is 34.4 Å². The first-order valence-electron chi connectivity index (χ1n) is 13.3. The van der Waals surface area contributed by atoms with Crippen molar-refractivity contribution < 1.29 is 74.0 Å². The second kappa shape index (κ2) is 17.8. The van der Waals surface area contributed by atoms with E-state index in [-0.39, 0.29) is 0 Å². The molecule has 2 aromatic heterocycles. The lowest BCUT2D eigenvalue weighted by atomic mass is 9.75. The number of nitrogens with zero attached hydrogens (tertiary/aromatic N) is 4. The fourth-order valence-electron chi connectivity index (χ4n) is 4.35. The first-order valence-corrected chi connectivity index (χ1v) is 13.3. The number of pyridine rings is 2. The van der Waals surface area contributed by atoms with Gasteiger partial charge in [-0.2, -0.15) is 39.5 Å². The Kier molecular flexibility index (Phi) is 15.5. The Labute approximate surface area is 261 Å². The molecule has 0 aliphatic carbocycles. The van der Waals surface area contributed by atoms with E-state index in [1.807, 2.05) is 36.7 Å². The highest BCUT2D eigenvalue weighted by atomic mass is 19.4. The molecule has 264 valence electrons. The van der Waals surface area contributed by atoms with Gasteiger partial charge in [0.05, 0.1) is 24.6 Å². The minimum Gasteiger partial charge on any atom is -0.475 e. The normalized spacial score (nSPS) is 17.8. The zero-order valence-corrected chi connectivity index (χ0v) is 24.5. The fourth-order valence-corrected chi connectivity index (χ4v) is 4.35. The van der Waals surface area contributed by atoms with Crippen molar-refractivity contribution in [3.05, 3.63) is 60.2 Å². The predicted octanol–water partition coefficient (Wildman–Crippen LogP) is 4.49. The van der Waals surface area contributed by atoms with Gasteiger partial charge in [-0.25, -0.2) is 14.4 Å². The van der Waals surface area contributed by atoms with Gasteiger partial charge in [0.25, 0.3) is 0 Å². The summed E-state index contributed by atoms with van der Waals surface area (Å²) in [4.78, 5) is 40.6. The van der Waals surface area contributed by atoms with Gasteiger partial charge in [-0.15, -0.1) is 0 Å². The zero-order valence-electron chi connectivity index (χ0n) is 24.5. The van der Waals surface area contributed by atoms with Crippen LogP contribution in [0.1, 0.15) is 24.2 Å². The Bertz CT molecular complexity index is 1200. The summed E-state index contributed by atoms with van der Waals surface area (Å²) in [5.41, 5.74) is 2.50. The molecule has 11 nitrogen and oxygen atoms in total. The molecule has 4 heterocycles. The summed E-state index contributed by atoms with van der Waals surface area (Å²) in [6.45, 7) is 5.85. The molecule has 2 fully saturated rings. The van der Waals surface area contributed by atoms with Crippen LogP contribution in [0.3, 0.4) is 0 Å². The number of ether oxygens (including phenoxy) is 1. The third kappa shape index (κ3) is 15.4. The smallest absolute Gasteiger partial charge is 0.475 e. The topological polar surface area (TPSA) is 153 Å². The van der Waals surface area contributed by atoms with Crippen LogP contribution in [0.25, 0.3) is 0 Å². The van der Waals surface area contributed by atoms with Gasteiger partial charge < -0.3 is 20.1 Å². The molecule has 2 aliphatic heterocycles. The van der Waals surface area contributed by atoms with E-state index in [0.717, 1.165) is 44.2 Å². The summed E-state index contributed by atoms with van der Waals surface area (Å²) >= 11 is 0. The van der Waals surface area contributed by atoms with E-state index in [1.54, 1.807) is 0 Å². The molecular formula is C27H31F9N4O7. The molecule has 1 atom stereocenters. The number of rotatable bonds is 6. The Hall–Kier alpha value is -4.04. The summed E-state index contributed by atoms with van der Waals surface area (Å²) in [6.07, 6.45) is -9.09. The SMILES string of the molecule is CN1CCC(COCc2ccccn2)CC12CN(Cc1ccccn1)C2.O=C(O)C(F)(F)F.O=C(O)C(F)(F)F.O=C(O)C(F)(F)F. The van der Waals surface area contributed by atoms with Crippen molar-refractivity contribution in [1.82, 2.24) is 19.8 Å².